The fourth-order valence-electron chi connectivity index (χ4n) is 1.75. The second-order valence-corrected chi connectivity index (χ2v) is 5.18. The lowest BCUT2D eigenvalue weighted by atomic mass is 9.87. The molecule has 1 aromatic rings. The smallest absolute Gasteiger partial charge is 0.184 e. The van der Waals surface area contributed by atoms with Gasteiger partial charge in [0.05, 0.1) is 19.8 Å². The molecule has 1 heterocycles. The van der Waals surface area contributed by atoms with Crippen LogP contribution in [0.3, 0.4) is 0 Å². The van der Waals surface area contributed by atoms with Gasteiger partial charge in [-0.1, -0.05) is 26.0 Å². The van der Waals surface area contributed by atoms with Crippen LogP contribution in [0.4, 0.5) is 0 Å². The van der Waals surface area contributed by atoms with Gasteiger partial charge in [0.2, 0.25) is 0 Å². The monoisotopic (exact) mass is 236 g/mol. The highest BCUT2D eigenvalue weighted by molar-refractivity contribution is 5.28. The maximum Gasteiger partial charge on any atom is 0.184 e. The Kier molecular flexibility index (Phi) is 3.40. The number of benzene rings is 1. The van der Waals surface area contributed by atoms with Crippen LogP contribution in [0.1, 0.15) is 32.6 Å². The van der Waals surface area contributed by atoms with Crippen molar-refractivity contribution in [3.63, 3.8) is 0 Å². The maximum absolute atomic E-state index is 5.90. The van der Waals surface area contributed by atoms with Crippen molar-refractivity contribution in [2.75, 3.05) is 13.7 Å². The van der Waals surface area contributed by atoms with E-state index in [4.69, 9.17) is 14.2 Å². The molecule has 0 aromatic heterocycles. The SMILES string of the molecule is COc1ccc([C@H]2OCC(C)(C)[C@@H](C)O2)cc1. The molecule has 1 aliphatic heterocycles. The fourth-order valence-corrected chi connectivity index (χ4v) is 1.75. The molecule has 17 heavy (non-hydrogen) atoms. The summed E-state index contributed by atoms with van der Waals surface area (Å²) < 4.78 is 16.8. The van der Waals surface area contributed by atoms with Crippen molar-refractivity contribution in [3.05, 3.63) is 29.8 Å². The van der Waals surface area contributed by atoms with E-state index in [9.17, 15) is 0 Å². The van der Waals surface area contributed by atoms with Gasteiger partial charge in [0.15, 0.2) is 6.29 Å². The number of hydrogen-bond acceptors (Lipinski definition) is 3. The average Bonchev–Trinajstić information content (AvgIpc) is 2.33. The lowest BCUT2D eigenvalue weighted by Crippen LogP contribution is -2.40. The van der Waals surface area contributed by atoms with Crippen molar-refractivity contribution in [1.82, 2.24) is 0 Å². The Balaban J connectivity index is 2.08. The first-order chi connectivity index (χ1) is 8.03. The first-order valence-corrected chi connectivity index (χ1v) is 5.94. The quantitative estimate of drug-likeness (QED) is 0.789. The zero-order valence-electron chi connectivity index (χ0n) is 10.9. The second kappa shape index (κ2) is 4.67. The highest BCUT2D eigenvalue weighted by atomic mass is 16.7. The third-order valence-corrected chi connectivity index (χ3v) is 3.42. The van der Waals surface area contributed by atoms with Crippen LogP contribution in [0.5, 0.6) is 5.75 Å². The zero-order valence-corrected chi connectivity index (χ0v) is 10.9. The van der Waals surface area contributed by atoms with Crippen LogP contribution in [0, 0.1) is 5.41 Å². The Hall–Kier alpha value is -1.06. The van der Waals surface area contributed by atoms with Gasteiger partial charge < -0.3 is 14.2 Å². The van der Waals surface area contributed by atoms with Crippen LogP contribution in [-0.2, 0) is 9.47 Å². The average molecular weight is 236 g/mol. The summed E-state index contributed by atoms with van der Waals surface area (Å²) in [6.07, 6.45) is -0.0766. The first kappa shape index (κ1) is 12.4. The molecule has 0 bridgehead atoms. The van der Waals surface area contributed by atoms with Crippen LogP contribution in [0.25, 0.3) is 0 Å². The minimum Gasteiger partial charge on any atom is -0.497 e. The number of ether oxygens (including phenoxy) is 3. The lowest BCUT2D eigenvalue weighted by molar-refractivity contribution is -0.259. The van der Waals surface area contributed by atoms with Crippen molar-refractivity contribution in [3.8, 4) is 5.75 Å². The van der Waals surface area contributed by atoms with E-state index >= 15 is 0 Å². The minimum atomic E-state index is -0.260. The molecule has 2 rings (SSSR count). The molecule has 0 N–H and O–H groups in total. The Morgan fingerprint density at radius 3 is 2.41 bits per heavy atom. The third-order valence-electron chi connectivity index (χ3n) is 3.42. The molecular weight excluding hydrogens is 216 g/mol. The Morgan fingerprint density at radius 1 is 1.24 bits per heavy atom. The standard InChI is InChI=1S/C14H20O3/c1-10-14(2,3)9-16-13(17-10)11-5-7-12(15-4)8-6-11/h5-8,10,13H,9H2,1-4H3/t10-,13+/m1/s1. The number of rotatable bonds is 2. The van der Waals surface area contributed by atoms with Gasteiger partial charge in [-0.05, 0) is 19.1 Å². The molecule has 0 saturated carbocycles. The normalized spacial score (nSPS) is 27.8. The molecular formula is C14H20O3. The summed E-state index contributed by atoms with van der Waals surface area (Å²) in [6, 6.07) is 7.81. The minimum absolute atomic E-state index is 0.0724. The Bertz CT molecular complexity index is 370. The fraction of sp³-hybridized carbons (Fsp3) is 0.571. The van der Waals surface area contributed by atoms with Crippen LogP contribution in [0.15, 0.2) is 24.3 Å². The van der Waals surface area contributed by atoms with E-state index in [1.807, 2.05) is 24.3 Å². The summed E-state index contributed by atoms with van der Waals surface area (Å²) in [5.74, 6) is 0.845. The Labute approximate surface area is 103 Å². The topological polar surface area (TPSA) is 27.7 Å². The van der Waals surface area contributed by atoms with Gasteiger partial charge in [0, 0.05) is 11.0 Å². The van der Waals surface area contributed by atoms with Crippen molar-refractivity contribution in [1.29, 1.82) is 0 Å². The van der Waals surface area contributed by atoms with E-state index in [0.29, 0.717) is 6.61 Å². The van der Waals surface area contributed by atoms with Crippen LogP contribution in [0.2, 0.25) is 0 Å². The van der Waals surface area contributed by atoms with Gasteiger partial charge >= 0.3 is 0 Å². The third kappa shape index (κ3) is 2.61. The van der Waals surface area contributed by atoms with Crippen molar-refractivity contribution < 1.29 is 14.2 Å². The summed E-state index contributed by atoms with van der Waals surface area (Å²) in [5, 5.41) is 0. The summed E-state index contributed by atoms with van der Waals surface area (Å²) in [5.41, 5.74) is 1.11. The number of hydrogen-bond donors (Lipinski definition) is 0. The molecule has 0 spiro atoms. The predicted molar refractivity (Wildman–Crippen MR) is 66.0 cm³/mol. The van der Waals surface area contributed by atoms with Gasteiger partial charge in [-0.3, -0.25) is 0 Å². The van der Waals surface area contributed by atoms with Crippen LogP contribution in [-0.4, -0.2) is 19.8 Å². The van der Waals surface area contributed by atoms with Gasteiger partial charge in [0.1, 0.15) is 5.75 Å². The molecule has 0 unspecified atom stereocenters. The molecule has 3 heteroatoms. The van der Waals surface area contributed by atoms with Gasteiger partial charge in [-0.2, -0.15) is 0 Å². The molecule has 1 aliphatic rings. The molecule has 1 aromatic carbocycles. The Morgan fingerprint density at radius 2 is 1.88 bits per heavy atom. The largest absolute Gasteiger partial charge is 0.497 e. The van der Waals surface area contributed by atoms with Gasteiger partial charge in [-0.15, -0.1) is 0 Å². The highest BCUT2D eigenvalue weighted by Crippen LogP contribution is 2.36. The molecule has 1 fully saturated rings. The molecule has 1 saturated heterocycles. The summed E-state index contributed by atoms with van der Waals surface area (Å²) in [6.45, 7) is 7.12. The predicted octanol–water partition coefficient (Wildman–Crippen LogP) is 3.16. The van der Waals surface area contributed by atoms with Crippen LogP contribution >= 0.6 is 0 Å². The van der Waals surface area contributed by atoms with E-state index < -0.39 is 0 Å². The second-order valence-electron chi connectivity index (χ2n) is 5.18. The van der Waals surface area contributed by atoms with Crippen molar-refractivity contribution in [2.45, 2.75) is 33.2 Å². The van der Waals surface area contributed by atoms with Crippen LogP contribution < -0.4 is 4.74 Å². The number of methoxy groups -OCH3 is 1. The van der Waals surface area contributed by atoms with E-state index in [2.05, 4.69) is 20.8 Å². The van der Waals surface area contributed by atoms with Gasteiger partial charge in [-0.25, -0.2) is 0 Å². The van der Waals surface area contributed by atoms with Gasteiger partial charge in [0.25, 0.3) is 0 Å². The molecule has 94 valence electrons. The molecule has 0 amide bonds. The van der Waals surface area contributed by atoms with E-state index in [0.717, 1.165) is 11.3 Å². The van der Waals surface area contributed by atoms with Crippen molar-refractivity contribution in [2.24, 2.45) is 5.41 Å². The summed E-state index contributed by atoms with van der Waals surface area (Å²) in [7, 11) is 1.66. The maximum atomic E-state index is 5.90. The zero-order chi connectivity index (χ0) is 12.5. The summed E-state index contributed by atoms with van der Waals surface area (Å²) in [4.78, 5) is 0. The molecule has 0 aliphatic carbocycles. The van der Waals surface area contributed by atoms with Crippen molar-refractivity contribution >= 4 is 0 Å². The van der Waals surface area contributed by atoms with E-state index in [-0.39, 0.29) is 17.8 Å². The van der Waals surface area contributed by atoms with E-state index in [1.54, 1.807) is 7.11 Å². The molecule has 2 atom stereocenters. The molecule has 0 radical (unpaired) electrons. The highest BCUT2D eigenvalue weighted by Gasteiger charge is 2.35. The lowest BCUT2D eigenvalue weighted by Gasteiger charge is -2.40. The van der Waals surface area contributed by atoms with E-state index in [1.165, 1.54) is 0 Å². The first-order valence-electron chi connectivity index (χ1n) is 5.94. The summed E-state index contributed by atoms with van der Waals surface area (Å²) >= 11 is 0. The molecule has 3 nitrogen and oxygen atoms in total.